The Bertz CT molecular complexity index is 615. The Morgan fingerprint density at radius 1 is 1.50 bits per heavy atom. The summed E-state index contributed by atoms with van der Waals surface area (Å²) in [7, 11) is 1.56. The van der Waals surface area contributed by atoms with Crippen molar-refractivity contribution in [3.8, 4) is 11.8 Å². The molecule has 0 unspecified atom stereocenters. The third kappa shape index (κ3) is 2.21. The van der Waals surface area contributed by atoms with Crippen LogP contribution in [0.3, 0.4) is 0 Å². The number of aryl methyl sites for hydroxylation is 1. The Hall–Kier alpha value is -1.90. The number of methoxy groups -OCH3 is 1. The number of benzene rings is 1. The van der Waals surface area contributed by atoms with Gasteiger partial charge in [-0.15, -0.1) is 5.10 Å². The maximum atomic E-state index is 8.98. The zero-order valence-electron chi connectivity index (χ0n) is 10.0. The smallest absolute Gasteiger partial charge is 0.188 e. The van der Waals surface area contributed by atoms with Gasteiger partial charge in [0.1, 0.15) is 11.8 Å². The van der Waals surface area contributed by atoms with Crippen LogP contribution in [-0.2, 0) is 11.3 Å². The number of rotatable bonds is 3. The third-order valence-electron chi connectivity index (χ3n) is 2.54. The van der Waals surface area contributed by atoms with E-state index in [9.17, 15) is 0 Å². The van der Waals surface area contributed by atoms with Crippen LogP contribution in [0.2, 0.25) is 5.02 Å². The van der Waals surface area contributed by atoms with Crippen molar-refractivity contribution in [2.24, 2.45) is 0 Å². The summed E-state index contributed by atoms with van der Waals surface area (Å²) in [4.78, 5) is 0. The summed E-state index contributed by atoms with van der Waals surface area (Å²) < 4.78 is 6.68. The summed E-state index contributed by atoms with van der Waals surface area (Å²) in [5, 5.41) is 17.5. The molecule has 18 heavy (non-hydrogen) atoms. The lowest BCUT2D eigenvalue weighted by molar-refractivity contribution is 0.179. The molecule has 0 saturated heterocycles. The topological polar surface area (TPSA) is 63.7 Å². The molecule has 5 nitrogen and oxygen atoms in total. The molecular formula is C12H11ClN4O. The Kier molecular flexibility index (Phi) is 3.60. The largest absolute Gasteiger partial charge is 0.378 e. The van der Waals surface area contributed by atoms with Gasteiger partial charge in [-0.25, -0.2) is 4.68 Å². The quantitative estimate of drug-likeness (QED) is 0.851. The molecule has 0 fully saturated rings. The van der Waals surface area contributed by atoms with Gasteiger partial charge in [0.2, 0.25) is 0 Å². The zero-order valence-corrected chi connectivity index (χ0v) is 10.8. The first kappa shape index (κ1) is 12.6. The van der Waals surface area contributed by atoms with E-state index in [0.717, 1.165) is 11.3 Å². The highest BCUT2D eigenvalue weighted by Gasteiger charge is 2.15. The monoisotopic (exact) mass is 262 g/mol. The first-order valence-corrected chi connectivity index (χ1v) is 5.65. The number of hydrogen-bond acceptors (Lipinski definition) is 4. The van der Waals surface area contributed by atoms with Crippen LogP contribution >= 0.6 is 11.6 Å². The van der Waals surface area contributed by atoms with Gasteiger partial charge >= 0.3 is 0 Å². The number of halogens is 1. The van der Waals surface area contributed by atoms with Crippen molar-refractivity contribution in [1.29, 1.82) is 5.26 Å². The molecule has 0 atom stereocenters. The Morgan fingerprint density at radius 3 is 2.89 bits per heavy atom. The van der Waals surface area contributed by atoms with E-state index < -0.39 is 0 Å². The van der Waals surface area contributed by atoms with E-state index in [2.05, 4.69) is 10.3 Å². The molecule has 0 N–H and O–H groups in total. The molecule has 1 heterocycles. The average Bonchev–Trinajstić information content (AvgIpc) is 2.73. The predicted molar refractivity (Wildman–Crippen MR) is 66.5 cm³/mol. The van der Waals surface area contributed by atoms with Crippen molar-refractivity contribution in [3.63, 3.8) is 0 Å². The van der Waals surface area contributed by atoms with Crippen LogP contribution in [0.1, 0.15) is 17.0 Å². The summed E-state index contributed by atoms with van der Waals surface area (Å²) in [6, 6.07) is 7.45. The van der Waals surface area contributed by atoms with Crippen LogP contribution in [-0.4, -0.2) is 22.1 Å². The second-order valence-electron chi connectivity index (χ2n) is 3.77. The Balaban J connectivity index is 2.57. The molecule has 1 aromatic carbocycles. The molecule has 2 rings (SSSR count). The molecule has 2 aromatic rings. The molecule has 0 radical (unpaired) electrons. The fourth-order valence-electron chi connectivity index (χ4n) is 1.70. The minimum Gasteiger partial charge on any atom is -0.378 e. The van der Waals surface area contributed by atoms with Gasteiger partial charge in [0.15, 0.2) is 5.69 Å². The second-order valence-corrected chi connectivity index (χ2v) is 4.21. The van der Waals surface area contributed by atoms with Crippen molar-refractivity contribution in [2.45, 2.75) is 13.5 Å². The summed E-state index contributed by atoms with van der Waals surface area (Å²) in [6.07, 6.45) is 0. The summed E-state index contributed by atoms with van der Waals surface area (Å²) in [6.45, 7) is 2.20. The van der Waals surface area contributed by atoms with Gasteiger partial charge in [-0.2, -0.15) is 5.26 Å². The van der Waals surface area contributed by atoms with Crippen molar-refractivity contribution in [3.05, 3.63) is 40.2 Å². The fraction of sp³-hybridized carbons (Fsp3) is 0.250. The molecule has 0 saturated carbocycles. The van der Waals surface area contributed by atoms with Crippen LogP contribution in [0.15, 0.2) is 18.2 Å². The lowest BCUT2D eigenvalue weighted by atomic mass is 10.2. The first-order chi connectivity index (χ1) is 8.67. The molecule has 0 aliphatic heterocycles. The van der Waals surface area contributed by atoms with Gasteiger partial charge in [-0.1, -0.05) is 16.8 Å². The number of aromatic nitrogens is 3. The van der Waals surface area contributed by atoms with Gasteiger partial charge in [-0.05, 0) is 30.7 Å². The van der Waals surface area contributed by atoms with E-state index in [4.69, 9.17) is 21.6 Å². The Morgan fingerprint density at radius 2 is 2.28 bits per heavy atom. The molecule has 0 aliphatic rings. The van der Waals surface area contributed by atoms with E-state index in [1.807, 2.05) is 25.1 Å². The number of hydrogen-bond donors (Lipinski definition) is 0. The first-order valence-electron chi connectivity index (χ1n) is 5.27. The number of ether oxygens (including phenoxy) is 1. The number of nitriles is 1. The van der Waals surface area contributed by atoms with E-state index >= 15 is 0 Å². The van der Waals surface area contributed by atoms with Crippen LogP contribution in [0.25, 0.3) is 5.69 Å². The van der Waals surface area contributed by atoms with E-state index in [1.54, 1.807) is 17.9 Å². The fourth-order valence-corrected chi connectivity index (χ4v) is 1.93. The van der Waals surface area contributed by atoms with E-state index in [1.165, 1.54) is 0 Å². The second kappa shape index (κ2) is 5.17. The highest BCUT2D eigenvalue weighted by Crippen LogP contribution is 2.20. The predicted octanol–water partition coefficient (Wildman–Crippen LogP) is 2.25. The van der Waals surface area contributed by atoms with Gasteiger partial charge in [0.25, 0.3) is 0 Å². The molecule has 92 valence electrons. The molecule has 6 heteroatoms. The maximum Gasteiger partial charge on any atom is 0.188 e. The zero-order chi connectivity index (χ0) is 13.1. The van der Waals surface area contributed by atoms with Crippen molar-refractivity contribution in [1.82, 2.24) is 15.0 Å². The van der Waals surface area contributed by atoms with Crippen molar-refractivity contribution >= 4 is 11.6 Å². The molecule has 0 bridgehead atoms. The normalized spacial score (nSPS) is 10.3. The average molecular weight is 263 g/mol. The third-order valence-corrected chi connectivity index (χ3v) is 2.77. The van der Waals surface area contributed by atoms with E-state index in [0.29, 0.717) is 10.7 Å². The standard InChI is InChI=1S/C12H11ClN4O/c1-8-5-9(13)3-4-11(8)17-12(7-18-2)10(6-14)15-16-17/h3-5H,7H2,1-2H3. The lowest BCUT2D eigenvalue weighted by Gasteiger charge is -2.09. The van der Waals surface area contributed by atoms with Crippen molar-refractivity contribution in [2.75, 3.05) is 7.11 Å². The molecule has 0 aliphatic carbocycles. The highest BCUT2D eigenvalue weighted by atomic mass is 35.5. The highest BCUT2D eigenvalue weighted by molar-refractivity contribution is 6.30. The lowest BCUT2D eigenvalue weighted by Crippen LogP contribution is -2.06. The van der Waals surface area contributed by atoms with Crippen LogP contribution < -0.4 is 0 Å². The van der Waals surface area contributed by atoms with Crippen LogP contribution in [0.4, 0.5) is 0 Å². The molecule has 1 aromatic heterocycles. The van der Waals surface area contributed by atoms with Crippen LogP contribution in [0, 0.1) is 18.3 Å². The minimum absolute atomic E-state index is 0.270. The summed E-state index contributed by atoms with van der Waals surface area (Å²) in [5.74, 6) is 0. The van der Waals surface area contributed by atoms with Gasteiger partial charge in [0.05, 0.1) is 12.3 Å². The van der Waals surface area contributed by atoms with Gasteiger partial charge < -0.3 is 4.74 Å². The summed E-state index contributed by atoms with van der Waals surface area (Å²) >= 11 is 5.92. The van der Waals surface area contributed by atoms with Crippen LogP contribution in [0.5, 0.6) is 0 Å². The SMILES string of the molecule is COCc1c(C#N)nnn1-c1ccc(Cl)cc1C. The summed E-state index contributed by atoms with van der Waals surface area (Å²) in [5.41, 5.74) is 2.69. The molecule has 0 spiro atoms. The number of nitrogens with zero attached hydrogens (tertiary/aromatic N) is 4. The molecule has 0 amide bonds. The van der Waals surface area contributed by atoms with Gasteiger partial charge in [0, 0.05) is 12.1 Å². The molecular weight excluding hydrogens is 252 g/mol. The van der Waals surface area contributed by atoms with Gasteiger partial charge in [-0.3, -0.25) is 0 Å². The maximum absolute atomic E-state index is 8.98. The Labute approximate surface area is 110 Å². The minimum atomic E-state index is 0.270. The van der Waals surface area contributed by atoms with E-state index in [-0.39, 0.29) is 12.3 Å². The van der Waals surface area contributed by atoms with Crippen molar-refractivity contribution < 1.29 is 4.74 Å².